The normalized spacial score (nSPS) is 10.5. The molecule has 2 rings (SSSR count). The molecule has 0 amide bonds. The molecular formula is C13H15ClN2O2S. The molecule has 0 fully saturated rings. The molecule has 2 aromatic rings. The summed E-state index contributed by atoms with van der Waals surface area (Å²) in [6.07, 6.45) is 0. The Morgan fingerprint density at radius 2 is 2.21 bits per heavy atom. The van der Waals surface area contributed by atoms with E-state index < -0.39 is 0 Å². The average Bonchev–Trinajstić information content (AvgIpc) is 2.82. The predicted molar refractivity (Wildman–Crippen MR) is 77.1 cm³/mol. The topological polar surface area (TPSA) is 57.4 Å². The first kappa shape index (κ1) is 14.1. The SMILES string of the molecule is COc1cc(CN)cc(Cl)c1OCc1csc(C)n1. The fraction of sp³-hybridized carbons (Fsp3) is 0.308. The van der Waals surface area contributed by atoms with E-state index in [1.54, 1.807) is 24.5 Å². The van der Waals surface area contributed by atoms with Crippen LogP contribution in [0.3, 0.4) is 0 Å². The third kappa shape index (κ3) is 3.37. The molecule has 0 aliphatic heterocycles. The number of benzene rings is 1. The van der Waals surface area contributed by atoms with Crippen molar-refractivity contribution in [2.75, 3.05) is 7.11 Å². The van der Waals surface area contributed by atoms with Crippen LogP contribution in [0.2, 0.25) is 5.02 Å². The molecule has 2 N–H and O–H groups in total. The lowest BCUT2D eigenvalue weighted by Crippen LogP contribution is -2.02. The zero-order valence-corrected chi connectivity index (χ0v) is 12.3. The van der Waals surface area contributed by atoms with Crippen molar-refractivity contribution in [2.24, 2.45) is 5.73 Å². The standard InChI is InChI=1S/C13H15ClN2O2S/c1-8-16-10(7-19-8)6-18-13-11(14)3-9(5-15)4-12(13)17-2/h3-4,7H,5-6,15H2,1-2H3. The van der Waals surface area contributed by atoms with Gasteiger partial charge >= 0.3 is 0 Å². The maximum atomic E-state index is 6.19. The number of aryl methyl sites for hydroxylation is 1. The maximum absolute atomic E-state index is 6.19. The number of rotatable bonds is 5. The molecule has 1 heterocycles. The van der Waals surface area contributed by atoms with Gasteiger partial charge in [0.25, 0.3) is 0 Å². The summed E-state index contributed by atoms with van der Waals surface area (Å²) in [7, 11) is 1.58. The molecule has 102 valence electrons. The Balaban J connectivity index is 2.19. The minimum atomic E-state index is 0.363. The van der Waals surface area contributed by atoms with Crippen LogP contribution in [0.5, 0.6) is 11.5 Å². The monoisotopic (exact) mass is 298 g/mol. The third-order valence-corrected chi connectivity index (χ3v) is 3.66. The maximum Gasteiger partial charge on any atom is 0.180 e. The number of nitrogens with zero attached hydrogens (tertiary/aromatic N) is 1. The van der Waals surface area contributed by atoms with E-state index in [0.717, 1.165) is 16.3 Å². The van der Waals surface area contributed by atoms with Crippen molar-refractivity contribution in [1.29, 1.82) is 0 Å². The van der Waals surface area contributed by atoms with Crippen LogP contribution in [-0.2, 0) is 13.2 Å². The van der Waals surface area contributed by atoms with Crippen LogP contribution in [0.4, 0.5) is 0 Å². The Bertz CT molecular complexity index is 572. The molecule has 0 radical (unpaired) electrons. The van der Waals surface area contributed by atoms with Crippen LogP contribution in [0.25, 0.3) is 0 Å². The molecule has 0 aliphatic carbocycles. The predicted octanol–water partition coefficient (Wildman–Crippen LogP) is 3.15. The molecular weight excluding hydrogens is 284 g/mol. The fourth-order valence-electron chi connectivity index (χ4n) is 1.65. The summed E-state index contributed by atoms with van der Waals surface area (Å²) in [4.78, 5) is 4.33. The van der Waals surface area contributed by atoms with Gasteiger partial charge in [-0.15, -0.1) is 11.3 Å². The van der Waals surface area contributed by atoms with Crippen molar-refractivity contribution in [1.82, 2.24) is 4.98 Å². The van der Waals surface area contributed by atoms with E-state index in [2.05, 4.69) is 4.98 Å². The summed E-state index contributed by atoms with van der Waals surface area (Å²) in [6, 6.07) is 3.61. The second kappa shape index (κ2) is 6.23. The Kier molecular flexibility index (Phi) is 4.63. The molecule has 0 unspecified atom stereocenters. The quantitative estimate of drug-likeness (QED) is 0.921. The number of thiazole rings is 1. The van der Waals surface area contributed by atoms with Gasteiger partial charge in [-0.2, -0.15) is 0 Å². The van der Waals surface area contributed by atoms with Gasteiger partial charge in [0.05, 0.1) is 22.8 Å². The summed E-state index contributed by atoms with van der Waals surface area (Å²) in [5.74, 6) is 1.10. The van der Waals surface area contributed by atoms with Crippen molar-refractivity contribution in [3.63, 3.8) is 0 Å². The zero-order valence-electron chi connectivity index (χ0n) is 10.8. The van der Waals surface area contributed by atoms with E-state index in [1.165, 1.54) is 0 Å². The molecule has 6 heteroatoms. The lowest BCUT2D eigenvalue weighted by Gasteiger charge is -2.13. The number of aromatic nitrogens is 1. The smallest absolute Gasteiger partial charge is 0.180 e. The van der Waals surface area contributed by atoms with Gasteiger partial charge in [0, 0.05) is 11.9 Å². The van der Waals surface area contributed by atoms with Crippen molar-refractivity contribution in [2.45, 2.75) is 20.1 Å². The lowest BCUT2D eigenvalue weighted by molar-refractivity contribution is 0.281. The molecule has 0 aliphatic rings. The molecule has 0 atom stereocenters. The van der Waals surface area contributed by atoms with E-state index in [1.807, 2.05) is 18.4 Å². The molecule has 4 nitrogen and oxygen atoms in total. The van der Waals surface area contributed by atoms with Crippen molar-refractivity contribution < 1.29 is 9.47 Å². The first-order valence-corrected chi connectivity index (χ1v) is 7.00. The molecule has 0 spiro atoms. The van der Waals surface area contributed by atoms with Gasteiger partial charge in [-0.05, 0) is 24.6 Å². The summed E-state index contributed by atoms with van der Waals surface area (Å²) < 4.78 is 11.0. The van der Waals surface area contributed by atoms with Crippen molar-refractivity contribution in [3.05, 3.63) is 38.8 Å². The molecule has 1 aromatic carbocycles. The van der Waals surface area contributed by atoms with Gasteiger partial charge in [0.15, 0.2) is 11.5 Å². The van der Waals surface area contributed by atoms with Gasteiger partial charge < -0.3 is 15.2 Å². The van der Waals surface area contributed by atoms with Gasteiger partial charge in [-0.25, -0.2) is 4.98 Å². The Labute approximate surface area is 121 Å². The van der Waals surface area contributed by atoms with Gasteiger partial charge in [-0.3, -0.25) is 0 Å². The second-order valence-corrected chi connectivity index (χ2v) is 5.43. The first-order valence-electron chi connectivity index (χ1n) is 5.74. The zero-order chi connectivity index (χ0) is 13.8. The van der Waals surface area contributed by atoms with Crippen LogP contribution < -0.4 is 15.2 Å². The number of nitrogens with two attached hydrogens (primary N) is 1. The van der Waals surface area contributed by atoms with Crippen LogP contribution in [0.15, 0.2) is 17.5 Å². The molecule has 0 bridgehead atoms. The molecule has 1 aromatic heterocycles. The highest BCUT2D eigenvalue weighted by atomic mass is 35.5. The van der Waals surface area contributed by atoms with Crippen LogP contribution in [0, 0.1) is 6.92 Å². The number of hydrogen-bond acceptors (Lipinski definition) is 5. The average molecular weight is 299 g/mol. The minimum absolute atomic E-state index is 0.363. The van der Waals surface area contributed by atoms with E-state index >= 15 is 0 Å². The Hall–Kier alpha value is -1.30. The largest absolute Gasteiger partial charge is 0.493 e. The molecule has 19 heavy (non-hydrogen) atoms. The third-order valence-electron chi connectivity index (χ3n) is 2.56. The van der Waals surface area contributed by atoms with Crippen LogP contribution in [0.1, 0.15) is 16.3 Å². The summed E-state index contributed by atoms with van der Waals surface area (Å²) in [5.41, 5.74) is 7.38. The number of methoxy groups -OCH3 is 1. The molecule has 0 saturated heterocycles. The molecule has 0 saturated carbocycles. The van der Waals surface area contributed by atoms with Crippen molar-refractivity contribution in [3.8, 4) is 11.5 Å². The minimum Gasteiger partial charge on any atom is -0.493 e. The lowest BCUT2D eigenvalue weighted by atomic mass is 10.2. The van der Waals surface area contributed by atoms with Crippen LogP contribution >= 0.6 is 22.9 Å². The van der Waals surface area contributed by atoms with Gasteiger partial charge in [0.1, 0.15) is 6.61 Å². The van der Waals surface area contributed by atoms with E-state index in [4.69, 9.17) is 26.8 Å². The van der Waals surface area contributed by atoms with Gasteiger partial charge in [0.2, 0.25) is 0 Å². The van der Waals surface area contributed by atoms with E-state index in [-0.39, 0.29) is 0 Å². The first-order chi connectivity index (χ1) is 9.13. The summed E-state index contributed by atoms with van der Waals surface area (Å²) in [5, 5.41) is 3.46. The van der Waals surface area contributed by atoms with E-state index in [9.17, 15) is 0 Å². The second-order valence-electron chi connectivity index (χ2n) is 3.96. The van der Waals surface area contributed by atoms with Gasteiger partial charge in [-0.1, -0.05) is 11.6 Å². The Morgan fingerprint density at radius 3 is 2.79 bits per heavy atom. The fourth-order valence-corrected chi connectivity index (χ4v) is 2.54. The highest BCUT2D eigenvalue weighted by molar-refractivity contribution is 7.09. The van der Waals surface area contributed by atoms with E-state index in [0.29, 0.717) is 29.7 Å². The number of ether oxygens (including phenoxy) is 2. The highest BCUT2D eigenvalue weighted by Gasteiger charge is 2.12. The highest BCUT2D eigenvalue weighted by Crippen LogP contribution is 2.36. The summed E-state index contributed by atoms with van der Waals surface area (Å²) in [6.45, 7) is 2.72. The number of halogens is 1. The summed E-state index contributed by atoms with van der Waals surface area (Å²) >= 11 is 7.77. The Morgan fingerprint density at radius 1 is 1.42 bits per heavy atom. The number of hydrogen-bond donors (Lipinski definition) is 1. The van der Waals surface area contributed by atoms with Crippen LogP contribution in [-0.4, -0.2) is 12.1 Å². The van der Waals surface area contributed by atoms with Crippen molar-refractivity contribution >= 4 is 22.9 Å².